The maximum atomic E-state index is 12.2. The van der Waals surface area contributed by atoms with Crippen LogP contribution in [0.1, 0.15) is 24.0 Å². The van der Waals surface area contributed by atoms with Crippen LogP contribution in [0.3, 0.4) is 0 Å². The van der Waals surface area contributed by atoms with Gasteiger partial charge in [-0.25, -0.2) is 0 Å². The predicted molar refractivity (Wildman–Crippen MR) is 71.9 cm³/mol. The van der Waals surface area contributed by atoms with Crippen LogP contribution in [0.25, 0.3) is 0 Å². The highest BCUT2D eigenvalue weighted by Gasteiger charge is 2.35. The Labute approximate surface area is 107 Å². The molecule has 1 aromatic rings. The van der Waals surface area contributed by atoms with E-state index in [0.29, 0.717) is 4.99 Å². The highest BCUT2D eigenvalue weighted by molar-refractivity contribution is 7.80. The number of nitrogens with zero attached hydrogens (tertiary/aromatic N) is 1. The lowest BCUT2D eigenvalue weighted by Gasteiger charge is -2.34. The molecule has 2 N–H and O–H groups in total. The molecule has 0 bridgehead atoms. The fourth-order valence-electron chi connectivity index (χ4n) is 2.11. The summed E-state index contributed by atoms with van der Waals surface area (Å²) < 4.78 is 0. The molecule has 17 heavy (non-hydrogen) atoms. The van der Waals surface area contributed by atoms with Crippen molar-refractivity contribution in [1.82, 2.24) is 4.90 Å². The van der Waals surface area contributed by atoms with E-state index in [1.807, 2.05) is 25.1 Å². The Morgan fingerprint density at radius 3 is 2.76 bits per heavy atom. The number of likely N-dealkylation sites (N-methyl/N-ethyl adjacent to an activating group) is 1. The summed E-state index contributed by atoms with van der Waals surface area (Å²) in [5, 5.41) is 0. The van der Waals surface area contributed by atoms with Crippen molar-refractivity contribution in [2.45, 2.75) is 25.3 Å². The van der Waals surface area contributed by atoms with E-state index >= 15 is 0 Å². The molecule has 1 amide bonds. The quantitative estimate of drug-likeness (QED) is 0.824. The second-order valence-corrected chi connectivity index (χ2v) is 4.95. The Hall–Kier alpha value is -1.42. The number of amides is 1. The monoisotopic (exact) mass is 248 g/mol. The zero-order valence-corrected chi connectivity index (χ0v) is 10.8. The Morgan fingerprint density at radius 1 is 1.53 bits per heavy atom. The first-order chi connectivity index (χ1) is 8.02. The molecule has 0 spiro atoms. The Morgan fingerprint density at radius 2 is 2.18 bits per heavy atom. The van der Waals surface area contributed by atoms with Gasteiger partial charge >= 0.3 is 0 Å². The summed E-state index contributed by atoms with van der Waals surface area (Å²) in [6.45, 7) is 1.85. The molecule has 0 radical (unpaired) electrons. The SMILES string of the molecule is CC(C(N)=S)N(C)C(=O)C1Cc2ccccc21. The van der Waals surface area contributed by atoms with E-state index in [0.717, 1.165) is 12.0 Å². The highest BCUT2D eigenvalue weighted by Crippen LogP contribution is 2.36. The zero-order chi connectivity index (χ0) is 12.6. The van der Waals surface area contributed by atoms with Crippen molar-refractivity contribution in [3.05, 3.63) is 35.4 Å². The molecule has 4 heteroatoms. The van der Waals surface area contributed by atoms with Crippen molar-refractivity contribution in [2.75, 3.05) is 7.05 Å². The Kier molecular flexibility index (Phi) is 3.15. The molecule has 0 saturated carbocycles. The average Bonchev–Trinajstić information content (AvgIpc) is 2.28. The Balaban J connectivity index is 2.12. The van der Waals surface area contributed by atoms with Crippen LogP contribution < -0.4 is 5.73 Å². The second kappa shape index (κ2) is 4.45. The summed E-state index contributed by atoms with van der Waals surface area (Å²) in [5.41, 5.74) is 7.97. The molecule has 0 aromatic heterocycles. The predicted octanol–water partition coefficient (Wildman–Crippen LogP) is 1.46. The molecule has 3 nitrogen and oxygen atoms in total. The fraction of sp³-hybridized carbons (Fsp3) is 0.385. The van der Waals surface area contributed by atoms with Gasteiger partial charge in [-0.15, -0.1) is 0 Å². The van der Waals surface area contributed by atoms with E-state index in [1.165, 1.54) is 5.56 Å². The normalized spacial score (nSPS) is 18.8. The van der Waals surface area contributed by atoms with Crippen LogP contribution in [0.15, 0.2) is 24.3 Å². The van der Waals surface area contributed by atoms with E-state index in [-0.39, 0.29) is 17.9 Å². The lowest BCUT2D eigenvalue weighted by atomic mass is 9.77. The number of hydrogen-bond donors (Lipinski definition) is 1. The van der Waals surface area contributed by atoms with Gasteiger partial charge in [0.15, 0.2) is 0 Å². The third-order valence-corrected chi connectivity index (χ3v) is 3.83. The molecule has 1 aliphatic rings. The molecule has 2 rings (SSSR count). The van der Waals surface area contributed by atoms with E-state index in [9.17, 15) is 4.79 Å². The van der Waals surface area contributed by atoms with Crippen molar-refractivity contribution in [3.63, 3.8) is 0 Å². The summed E-state index contributed by atoms with van der Waals surface area (Å²) >= 11 is 4.92. The van der Waals surface area contributed by atoms with E-state index < -0.39 is 0 Å². The minimum atomic E-state index is -0.190. The Bertz CT molecular complexity index is 472. The molecule has 0 aliphatic heterocycles. The first-order valence-electron chi connectivity index (χ1n) is 5.66. The van der Waals surface area contributed by atoms with Crippen molar-refractivity contribution >= 4 is 23.1 Å². The lowest BCUT2D eigenvalue weighted by molar-refractivity contribution is -0.132. The van der Waals surface area contributed by atoms with Crippen LogP contribution >= 0.6 is 12.2 Å². The van der Waals surface area contributed by atoms with Crippen LogP contribution in [0.5, 0.6) is 0 Å². The minimum absolute atomic E-state index is 0.0204. The maximum Gasteiger partial charge on any atom is 0.230 e. The van der Waals surface area contributed by atoms with Crippen molar-refractivity contribution in [1.29, 1.82) is 0 Å². The van der Waals surface area contributed by atoms with E-state index in [4.69, 9.17) is 18.0 Å². The number of hydrogen-bond acceptors (Lipinski definition) is 2. The number of carbonyl (C=O) groups excluding carboxylic acids is 1. The molecule has 1 aromatic carbocycles. The summed E-state index contributed by atoms with van der Waals surface area (Å²) in [6.07, 6.45) is 0.823. The third-order valence-electron chi connectivity index (χ3n) is 3.49. The topological polar surface area (TPSA) is 46.3 Å². The maximum absolute atomic E-state index is 12.2. The van der Waals surface area contributed by atoms with Crippen molar-refractivity contribution in [3.8, 4) is 0 Å². The van der Waals surface area contributed by atoms with Gasteiger partial charge in [-0.05, 0) is 24.5 Å². The fourth-order valence-corrected chi connectivity index (χ4v) is 2.26. The lowest BCUT2D eigenvalue weighted by Crippen LogP contribution is -2.46. The number of nitrogens with two attached hydrogens (primary N) is 1. The van der Waals surface area contributed by atoms with Gasteiger partial charge in [0.2, 0.25) is 5.91 Å². The summed E-state index contributed by atoms with van der Waals surface area (Å²) in [7, 11) is 1.76. The molecule has 2 atom stereocenters. The van der Waals surface area contributed by atoms with Gasteiger partial charge < -0.3 is 10.6 Å². The standard InChI is InChI=1S/C13H16N2OS/c1-8(12(14)17)15(2)13(16)11-7-9-5-3-4-6-10(9)11/h3-6,8,11H,7H2,1-2H3,(H2,14,17). The number of rotatable bonds is 3. The number of fused-ring (bicyclic) bond motifs is 1. The summed E-state index contributed by atoms with van der Waals surface area (Å²) in [6, 6.07) is 7.86. The van der Waals surface area contributed by atoms with Crippen LogP contribution in [0.2, 0.25) is 0 Å². The average molecular weight is 248 g/mol. The van der Waals surface area contributed by atoms with E-state index in [2.05, 4.69) is 6.07 Å². The van der Waals surface area contributed by atoms with Gasteiger partial charge in [-0.1, -0.05) is 36.5 Å². The number of carbonyl (C=O) groups is 1. The van der Waals surface area contributed by atoms with Gasteiger partial charge in [0.25, 0.3) is 0 Å². The molecule has 0 fully saturated rings. The van der Waals surface area contributed by atoms with Crippen LogP contribution in [0.4, 0.5) is 0 Å². The molecule has 0 saturated heterocycles. The van der Waals surface area contributed by atoms with Gasteiger partial charge in [0.1, 0.15) is 0 Å². The number of thiocarbonyl (C=S) groups is 1. The molecule has 90 valence electrons. The van der Waals surface area contributed by atoms with Gasteiger partial charge in [-0.3, -0.25) is 4.79 Å². The van der Waals surface area contributed by atoms with Crippen molar-refractivity contribution < 1.29 is 4.79 Å². The first kappa shape index (κ1) is 12.0. The largest absolute Gasteiger partial charge is 0.392 e. The van der Waals surface area contributed by atoms with E-state index in [1.54, 1.807) is 11.9 Å². The van der Waals surface area contributed by atoms with Gasteiger partial charge in [0, 0.05) is 7.05 Å². The zero-order valence-electron chi connectivity index (χ0n) is 10.0. The van der Waals surface area contributed by atoms with Gasteiger partial charge in [-0.2, -0.15) is 0 Å². The minimum Gasteiger partial charge on any atom is -0.392 e. The summed E-state index contributed by atoms with van der Waals surface area (Å²) in [4.78, 5) is 14.2. The summed E-state index contributed by atoms with van der Waals surface area (Å²) in [5.74, 6) is 0.0806. The first-order valence-corrected chi connectivity index (χ1v) is 6.07. The number of benzene rings is 1. The second-order valence-electron chi connectivity index (χ2n) is 4.48. The smallest absolute Gasteiger partial charge is 0.230 e. The molecule has 1 aliphatic carbocycles. The molecule has 2 unspecified atom stereocenters. The van der Waals surface area contributed by atoms with Crippen LogP contribution in [-0.2, 0) is 11.2 Å². The van der Waals surface area contributed by atoms with Gasteiger partial charge in [0.05, 0.1) is 16.9 Å². The molecular weight excluding hydrogens is 232 g/mol. The molecular formula is C13H16N2OS. The van der Waals surface area contributed by atoms with Crippen LogP contribution in [0, 0.1) is 0 Å². The highest BCUT2D eigenvalue weighted by atomic mass is 32.1. The third kappa shape index (κ3) is 2.05. The van der Waals surface area contributed by atoms with Crippen LogP contribution in [-0.4, -0.2) is 28.9 Å². The van der Waals surface area contributed by atoms with Crippen molar-refractivity contribution in [2.24, 2.45) is 5.73 Å². The molecule has 0 heterocycles.